The molecule has 0 radical (unpaired) electrons. The lowest BCUT2D eigenvalue weighted by Gasteiger charge is -2.31. The highest BCUT2D eigenvalue weighted by Gasteiger charge is 2.19. The van der Waals surface area contributed by atoms with Gasteiger partial charge in [-0.15, -0.1) is 0 Å². The van der Waals surface area contributed by atoms with Crippen LogP contribution in [0.4, 0.5) is 26.4 Å². The average Bonchev–Trinajstić information content (AvgIpc) is 3.05. The van der Waals surface area contributed by atoms with Gasteiger partial charge < -0.3 is 25.6 Å². The van der Waals surface area contributed by atoms with Gasteiger partial charge in [0.2, 0.25) is 0 Å². The summed E-state index contributed by atoms with van der Waals surface area (Å²) >= 11 is 0. The third kappa shape index (κ3) is 3.74. The molecule has 0 saturated carbocycles. The van der Waals surface area contributed by atoms with E-state index >= 15 is 0 Å². The van der Waals surface area contributed by atoms with Crippen molar-refractivity contribution in [1.82, 2.24) is 15.0 Å². The Balaban J connectivity index is 1.44. The van der Waals surface area contributed by atoms with E-state index in [4.69, 9.17) is 0 Å². The van der Waals surface area contributed by atoms with Gasteiger partial charge in [-0.25, -0.2) is 19.2 Å². The number of hydrogen-bond acceptors (Lipinski definition) is 5. The number of hydrogen-bond donors (Lipinski definition) is 4. The molecule has 3 aromatic rings. The number of nitrogens with zero attached hydrogens (tertiary/aromatic N) is 3. The van der Waals surface area contributed by atoms with Gasteiger partial charge in [-0.05, 0) is 37.5 Å². The molecule has 0 aliphatic carbocycles. The van der Waals surface area contributed by atoms with Crippen LogP contribution in [-0.4, -0.2) is 45.3 Å². The number of aromatic nitrogens is 3. The number of carbonyl (C=O) groups excluding carboxylic acids is 1. The Hall–Kier alpha value is -3.20. The monoisotopic (exact) mass is 384 g/mol. The highest BCUT2D eigenvalue weighted by Crippen LogP contribution is 2.25. The molecule has 2 amide bonds. The fourth-order valence-electron chi connectivity index (χ4n) is 3.41. The molecule has 1 saturated heterocycles. The van der Waals surface area contributed by atoms with Crippen LogP contribution >= 0.6 is 0 Å². The number of urea groups is 1. The van der Waals surface area contributed by atoms with Crippen LogP contribution in [0, 0.1) is 12.7 Å². The fourth-order valence-corrected chi connectivity index (χ4v) is 3.41. The summed E-state index contributed by atoms with van der Waals surface area (Å²) in [6.45, 7) is 3.45. The number of aliphatic hydroxyl groups is 1. The zero-order chi connectivity index (χ0) is 19.7. The minimum absolute atomic E-state index is 0.241. The van der Waals surface area contributed by atoms with Gasteiger partial charge >= 0.3 is 6.03 Å². The second-order valence-electron chi connectivity index (χ2n) is 6.91. The quantitative estimate of drug-likeness (QED) is 0.555. The number of amides is 2. The number of fused-ring (bicyclic) bond motifs is 1. The van der Waals surface area contributed by atoms with Crippen molar-refractivity contribution in [3.8, 4) is 0 Å². The topological polar surface area (TPSA) is 106 Å². The molecule has 9 heteroatoms. The number of halogens is 1. The number of aryl methyl sites for hydroxylation is 1. The van der Waals surface area contributed by atoms with E-state index in [0.717, 1.165) is 43.5 Å². The van der Waals surface area contributed by atoms with Crippen molar-refractivity contribution in [3.63, 3.8) is 0 Å². The lowest BCUT2D eigenvalue weighted by molar-refractivity contribution is 0.145. The third-order valence-electron chi connectivity index (χ3n) is 4.82. The Labute approximate surface area is 160 Å². The van der Waals surface area contributed by atoms with Gasteiger partial charge in [0.1, 0.15) is 17.3 Å². The van der Waals surface area contributed by atoms with E-state index in [2.05, 4.69) is 30.5 Å². The molecule has 4 heterocycles. The van der Waals surface area contributed by atoms with Crippen molar-refractivity contribution in [2.75, 3.05) is 28.6 Å². The molecule has 1 aliphatic rings. The number of nitrogens with one attached hydrogen (secondary N) is 3. The highest BCUT2D eigenvalue weighted by molar-refractivity contribution is 6.05. The number of anilines is 3. The molecule has 28 heavy (non-hydrogen) atoms. The molecule has 0 spiro atoms. The summed E-state index contributed by atoms with van der Waals surface area (Å²) in [5.41, 5.74) is 2.42. The highest BCUT2D eigenvalue weighted by atomic mass is 19.1. The fraction of sp³-hybridized carbons (Fsp3) is 0.316. The van der Waals surface area contributed by atoms with E-state index in [-0.39, 0.29) is 6.10 Å². The maximum absolute atomic E-state index is 13.4. The predicted octanol–water partition coefficient (Wildman–Crippen LogP) is 3.01. The van der Waals surface area contributed by atoms with Crippen LogP contribution in [0.25, 0.3) is 11.0 Å². The average molecular weight is 384 g/mol. The summed E-state index contributed by atoms with van der Waals surface area (Å²) in [5, 5.41) is 15.6. The number of H-pyrrole nitrogens is 1. The zero-order valence-electron chi connectivity index (χ0n) is 15.4. The first kappa shape index (κ1) is 18.2. The van der Waals surface area contributed by atoms with Crippen LogP contribution in [-0.2, 0) is 0 Å². The van der Waals surface area contributed by atoms with Gasteiger partial charge in [-0.3, -0.25) is 0 Å². The van der Waals surface area contributed by atoms with E-state index < -0.39 is 11.8 Å². The minimum Gasteiger partial charge on any atom is -0.393 e. The molecule has 1 fully saturated rings. The Kier molecular flexibility index (Phi) is 4.82. The molecular formula is C19H21FN6O2. The first-order valence-electron chi connectivity index (χ1n) is 9.10. The van der Waals surface area contributed by atoms with E-state index in [1.165, 1.54) is 6.07 Å². The second-order valence-corrected chi connectivity index (χ2v) is 6.91. The first-order valence-corrected chi connectivity index (χ1v) is 9.10. The van der Waals surface area contributed by atoms with Crippen LogP contribution in [0.2, 0.25) is 0 Å². The van der Waals surface area contributed by atoms with Gasteiger partial charge in [-0.2, -0.15) is 0 Å². The maximum atomic E-state index is 13.4. The van der Waals surface area contributed by atoms with E-state index in [9.17, 15) is 14.3 Å². The van der Waals surface area contributed by atoms with Crippen LogP contribution in [0.1, 0.15) is 18.4 Å². The number of aliphatic hydroxyl groups excluding tert-OH is 1. The lowest BCUT2D eigenvalue weighted by Crippen LogP contribution is -2.36. The van der Waals surface area contributed by atoms with Crippen molar-refractivity contribution < 1.29 is 14.3 Å². The smallest absolute Gasteiger partial charge is 0.323 e. The van der Waals surface area contributed by atoms with Gasteiger partial charge in [0.25, 0.3) is 0 Å². The zero-order valence-corrected chi connectivity index (χ0v) is 15.4. The molecule has 0 aromatic carbocycles. The second kappa shape index (κ2) is 7.43. The molecule has 0 unspecified atom stereocenters. The Morgan fingerprint density at radius 1 is 1.25 bits per heavy atom. The van der Waals surface area contributed by atoms with E-state index in [1.54, 1.807) is 12.4 Å². The number of pyridine rings is 2. The number of piperidine rings is 1. The summed E-state index contributed by atoms with van der Waals surface area (Å²) < 4.78 is 13.4. The molecule has 4 N–H and O–H groups in total. The molecule has 3 aromatic heterocycles. The maximum Gasteiger partial charge on any atom is 0.323 e. The number of carbonyl (C=O) groups is 1. The van der Waals surface area contributed by atoms with Gasteiger partial charge in [0.05, 0.1) is 29.9 Å². The normalized spacial score (nSPS) is 15.0. The van der Waals surface area contributed by atoms with Crippen molar-refractivity contribution in [1.29, 1.82) is 0 Å². The SMILES string of the molecule is Cc1cc(NC(=O)Nc2c[nH]c3ncc(F)cc23)cnc1N1CCC(O)CC1. The molecule has 1 aliphatic heterocycles. The van der Waals surface area contributed by atoms with Gasteiger partial charge in [0, 0.05) is 24.7 Å². The van der Waals surface area contributed by atoms with Crippen LogP contribution in [0.5, 0.6) is 0 Å². The Morgan fingerprint density at radius 2 is 2.04 bits per heavy atom. The Morgan fingerprint density at radius 3 is 2.79 bits per heavy atom. The number of rotatable bonds is 3. The summed E-state index contributed by atoms with van der Waals surface area (Å²) in [6, 6.07) is 2.70. The summed E-state index contributed by atoms with van der Waals surface area (Å²) in [5.74, 6) is 0.382. The molecule has 0 atom stereocenters. The first-order chi connectivity index (χ1) is 13.5. The van der Waals surface area contributed by atoms with Crippen molar-refractivity contribution in [2.24, 2.45) is 0 Å². The van der Waals surface area contributed by atoms with Gasteiger partial charge in [-0.1, -0.05) is 0 Å². The molecule has 8 nitrogen and oxygen atoms in total. The largest absolute Gasteiger partial charge is 0.393 e. The molecule has 0 bridgehead atoms. The summed E-state index contributed by atoms with van der Waals surface area (Å²) in [6.07, 6.45) is 5.49. The Bertz CT molecular complexity index is 1010. The number of aromatic amines is 1. The van der Waals surface area contributed by atoms with Crippen LogP contribution < -0.4 is 15.5 Å². The van der Waals surface area contributed by atoms with Crippen molar-refractivity contribution in [2.45, 2.75) is 25.9 Å². The van der Waals surface area contributed by atoms with E-state index in [0.29, 0.717) is 22.4 Å². The summed E-state index contributed by atoms with van der Waals surface area (Å²) in [7, 11) is 0. The van der Waals surface area contributed by atoms with Crippen LogP contribution in [0.3, 0.4) is 0 Å². The lowest BCUT2D eigenvalue weighted by atomic mass is 10.1. The predicted molar refractivity (Wildman–Crippen MR) is 105 cm³/mol. The molecular weight excluding hydrogens is 363 g/mol. The standard InChI is InChI=1S/C19H21FN6O2/c1-11-6-13(9-23-18(11)26-4-2-14(27)3-5-26)24-19(28)25-16-10-22-17-15(16)7-12(20)8-21-17/h6-10,14,27H,2-5H2,1H3,(H,21,22)(H2,24,25,28). The third-order valence-corrected chi connectivity index (χ3v) is 4.82. The van der Waals surface area contributed by atoms with Crippen molar-refractivity contribution in [3.05, 3.63) is 42.1 Å². The minimum atomic E-state index is -0.476. The molecule has 4 rings (SSSR count). The van der Waals surface area contributed by atoms with E-state index in [1.807, 2.05) is 13.0 Å². The van der Waals surface area contributed by atoms with Gasteiger partial charge in [0.15, 0.2) is 0 Å². The summed E-state index contributed by atoms with van der Waals surface area (Å²) in [4.78, 5) is 25.8. The van der Waals surface area contributed by atoms with Crippen LogP contribution in [0.15, 0.2) is 30.7 Å². The van der Waals surface area contributed by atoms with Crippen molar-refractivity contribution >= 4 is 34.3 Å². The molecule has 146 valence electrons.